The quantitative estimate of drug-likeness (QED) is 0.112. The Kier molecular flexibility index (Phi) is 12.8. The van der Waals surface area contributed by atoms with Crippen LogP contribution in [0.15, 0.2) is 235 Å². The van der Waals surface area contributed by atoms with Crippen LogP contribution in [0.1, 0.15) is 84.6 Å². The van der Waals surface area contributed by atoms with Crippen LogP contribution < -0.4 is 46.0 Å². The predicted molar refractivity (Wildman–Crippen MR) is 393 cm³/mol. The van der Waals surface area contributed by atoms with Crippen LogP contribution in [0.2, 0.25) is 5.04 Å². The number of benzene rings is 10. The van der Waals surface area contributed by atoms with Gasteiger partial charge in [0, 0.05) is 70.4 Å². The monoisotopic (exact) mass is 1220 g/mol. The SMILES string of the molecule is Cc1cccc([Si](c2cccc(C)c2)(c2cc3c4c(c2)N(c2cccc5oc6ccccc6c25)c2c(sc5ccc(C(C)(C)C)cc25)B4c2ccc(N(c4ccc(C(C)(C)C)cc4)c4cccnc4)cc2N3c2cccc3c2sc2ccccc23)C(C)(C)C)c1. The van der Waals surface area contributed by atoms with E-state index in [1.165, 1.54) is 101 Å². The van der Waals surface area contributed by atoms with Crippen molar-refractivity contribution in [3.05, 3.63) is 253 Å². The molecule has 16 rings (SSSR count). The van der Waals surface area contributed by atoms with Crippen molar-refractivity contribution >= 4 is 172 Å². The summed E-state index contributed by atoms with van der Waals surface area (Å²) < 4.78 is 12.0. The molecule has 0 amide bonds. The summed E-state index contributed by atoms with van der Waals surface area (Å²) in [7, 11) is -3.19. The molecule has 0 bridgehead atoms. The minimum atomic E-state index is -3.19. The molecule has 2 aliphatic rings. The van der Waals surface area contributed by atoms with Crippen molar-refractivity contribution in [2.24, 2.45) is 0 Å². The zero-order valence-corrected chi connectivity index (χ0v) is 55.7. The van der Waals surface area contributed by atoms with Crippen LogP contribution >= 0.6 is 22.7 Å². The highest BCUT2D eigenvalue weighted by Crippen LogP contribution is 2.54. The molecule has 0 saturated heterocycles. The fourth-order valence-electron chi connectivity index (χ4n) is 15.2. The number of aromatic nitrogens is 1. The second-order valence-corrected chi connectivity index (χ2v) is 35.0. The van der Waals surface area contributed by atoms with E-state index >= 15 is 0 Å². The van der Waals surface area contributed by atoms with Crippen molar-refractivity contribution < 1.29 is 4.42 Å². The number of para-hydroxylation sites is 1. The second kappa shape index (κ2) is 20.5. The van der Waals surface area contributed by atoms with E-state index in [9.17, 15) is 0 Å². The molecule has 14 aromatic rings. The summed E-state index contributed by atoms with van der Waals surface area (Å²) in [5.41, 5.74) is 19.5. The zero-order valence-electron chi connectivity index (χ0n) is 53.0. The van der Waals surface area contributed by atoms with Gasteiger partial charge in [0.05, 0.1) is 39.0 Å². The molecule has 0 unspecified atom stereocenters. The maximum absolute atomic E-state index is 6.90. The first-order chi connectivity index (χ1) is 43.3. The maximum Gasteiger partial charge on any atom is 0.264 e. The molecule has 0 radical (unpaired) electrons. The first-order valence-corrected chi connectivity index (χ1v) is 35.2. The van der Waals surface area contributed by atoms with Crippen molar-refractivity contribution in [2.45, 2.75) is 92.0 Å². The van der Waals surface area contributed by atoms with Crippen LogP contribution in [0.4, 0.5) is 51.2 Å². The van der Waals surface area contributed by atoms with Gasteiger partial charge in [-0.25, -0.2) is 0 Å². The Balaban J connectivity index is 1.11. The van der Waals surface area contributed by atoms with E-state index < -0.39 is 8.07 Å². The van der Waals surface area contributed by atoms with Gasteiger partial charge in [0.15, 0.2) is 8.07 Å². The van der Waals surface area contributed by atoms with Crippen molar-refractivity contribution in [3.8, 4) is 0 Å². The zero-order chi connectivity index (χ0) is 61.8. The Morgan fingerprint density at radius 2 is 1.08 bits per heavy atom. The molecule has 4 aromatic heterocycles. The molecule has 10 aromatic carbocycles. The number of nitrogens with zero attached hydrogens (tertiary/aromatic N) is 4. The third-order valence-corrected chi connectivity index (χ3v) is 27.6. The van der Waals surface area contributed by atoms with E-state index in [1.807, 2.05) is 35.1 Å². The molecule has 5 nitrogen and oxygen atoms in total. The van der Waals surface area contributed by atoms with Gasteiger partial charge in [-0.3, -0.25) is 4.98 Å². The summed E-state index contributed by atoms with van der Waals surface area (Å²) in [6, 6.07) is 83.9. The fraction of sp³-hybridized carbons (Fsp3) is 0.173. The molecule has 0 N–H and O–H groups in total. The summed E-state index contributed by atoms with van der Waals surface area (Å²) in [5, 5.41) is 9.90. The standard InChI is InChI=1S/C81H71BN4OS2Si/c1-50-21-16-24-57(43-50)90(81(9,10)11,58-25-17-22-51(2)44-58)59-47-68-75-69(48-59)86(65-29-19-32-71-74(65)62-27-12-14-31-70(62)87-71)76-63-45-53(80(6,7)8)36-41-73(63)89-78(76)82(75)64-40-39-55(84(56-23-20-42-83-49-56)54-37-34-52(35-38-54)79(3,4)5)46-67(64)85(68)66-30-18-28-61-60-26-13-15-33-72(60)88-77(61)66/h12-49H,1-11H3. The Bertz CT molecular complexity index is 5170. The minimum absolute atomic E-state index is 0.0109. The average Bonchev–Trinajstić information content (AvgIpc) is 1.13. The van der Waals surface area contributed by atoms with Crippen LogP contribution in [0, 0.1) is 13.8 Å². The van der Waals surface area contributed by atoms with Gasteiger partial charge < -0.3 is 19.1 Å². The van der Waals surface area contributed by atoms with Gasteiger partial charge in [0.25, 0.3) is 6.71 Å². The number of anilines is 9. The summed E-state index contributed by atoms with van der Waals surface area (Å²) in [5.74, 6) is 0. The van der Waals surface area contributed by atoms with Gasteiger partial charge in [-0.1, -0.05) is 201 Å². The number of rotatable bonds is 8. The Morgan fingerprint density at radius 1 is 0.456 bits per heavy atom. The first kappa shape index (κ1) is 56.3. The molecule has 0 fully saturated rings. The minimum Gasteiger partial charge on any atom is -0.456 e. The molecule has 0 aliphatic carbocycles. The summed E-state index contributed by atoms with van der Waals surface area (Å²) >= 11 is 3.86. The molecular weight excluding hydrogens is 1150 g/mol. The van der Waals surface area contributed by atoms with Crippen LogP contribution in [-0.4, -0.2) is 19.8 Å². The van der Waals surface area contributed by atoms with E-state index in [4.69, 9.17) is 9.40 Å². The molecule has 6 heterocycles. The second-order valence-electron chi connectivity index (χ2n) is 28.1. The number of furan rings is 1. The van der Waals surface area contributed by atoms with E-state index in [-0.39, 0.29) is 22.6 Å². The lowest BCUT2D eigenvalue weighted by molar-refractivity contribution is 0.590. The van der Waals surface area contributed by atoms with Crippen LogP contribution in [-0.2, 0) is 10.8 Å². The van der Waals surface area contributed by atoms with Crippen molar-refractivity contribution in [1.82, 2.24) is 4.98 Å². The van der Waals surface area contributed by atoms with E-state index in [1.54, 1.807) is 0 Å². The highest BCUT2D eigenvalue weighted by atomic mass is 32.1. The molecule has 90 heavy (non-hydrogen) atoms. The topological polar surface area (TPSA) is 35.8 Å². The lowest BCUT2D eigenvalue weighted by Crippen LogP contribution is -2.73. The molecule has 0 saturated carbocycles. The third-order valence-electron chi connectivity index (χ3n) is 19.4. The first-order valence-electron chi connectivity index (χ1n) is 31.6. The van der Waals surface area contributed by atoms with Gasteiger partial charge in [0.1, 0.15) is 11.2 Å². The van der Waals surface area contributed by atoms with Gasteiger partial charge in [0.2, 0.25) is 0 Å². The van der Waals surface area contributed by atoms with E-state index in [2.05, 4.69) is 309 Å². The Morgan fingerprint density at radius 3 is 1.78 bits per heavy atom. The molecule has 0 spiro atoms. The van der Waals surface area contributed by atoms with Gasteiger partial charge in [-0.2, -0.15) is 0 Å². The predicted octanol–water partition coefficient (Wildman–Crippen LogP) is 19.6. The molecule has 2 aliphatic heterocycles. The largest absolute Gasteiger partial charge is 0.456 e. The lowest BCUT2D eigenvalue weighted by Gasteiger charge is -2.48. The number of fused-ring (bicyclic) bond motifs is 12. The van der Waals surface area contributed by atoms with Crippen LogP contribution in [0.5, 0.6) is 0 Å². The normalized spacial score (nSPS) is 13.4. The highest BCUT2D eigenvalue weighted by Gasteiger charge is 2.53. The number of pyridine rings is 1. The van der Waals surface area contributed by atoms with Gasteiger partial charge in [-0.15, -0.1) is 22.7 Å². The average molecular weight is 1220 g/mol. The van der Waals surface area contributed by atoms with Gasteiger partial charge in [-0.05, 0) is 158 Å². The Hall–Kier alpha value is -8.99. The van der Waals surface area contributed by atoms with Crippen LogP contribution in [0.3, 0.4) is 0 Å². The maximum atomic E-state index is 6.90. The third kappa shape index (κ3) is 8.63. The number of hydrogen-bond donors (Lipinski definition) is 0. The van der Waals surface area contributed by atoms with Crippen molar-refractivity contribution in [2.75, 3.05) is 14.7 Å². The number of aryl methyl sites for hydroxylation is 2. The summed E-state index contributed by atoms with van der Waals surface area (Å²) in [6.45, 7) is 25.8. The molecule has 0 atom stereocenters. The summed E-state index contributed by atoms with van der Waals surface area (Å²) in [6.07, 6.45) is 3.88. The van der Waals surface area contributed by atoms with Crippen LogP contribution in [0.25, 0.3) is 52.2 Å². The lowest BCUT2D eigenvalue weighted by atomic mass is 9.36. The molecule has 9 heteroatoms. The highest BCUT2D eigenvalue weighted by molar-refractivity contribution is 7.34. The van der Waals surface area contributed by atoms with E-state index in [0.29, 0.717) is 0 Å². The number of thiophene rings is 2. The smallest absolute Gasteiger partial charge is 0.264 e. The Labute approximate surface area is 537 Å². The molecule has 440 valence electrons. The van der Waals surface area contributed by atoms with Crippen molar-refractivity contribution in [1.29, 1.82) is 0 Å². The van der Waals surface area contributed by atoms with E-state index in [0.717, 1.165) is 56.1 Å². The molecular formula is C81H71BN4OS2Si. The number of hydrogen-bond acceptors (Lipinski definition) is 7. The van der Waals surface area contributed by atoms with Crippen molar-refractivity contribution in [3.63, 3.8) is 0 Å². The summed E-state index contributed by atoms with van der Waals surface area (Å²) in [4.78, 5) is 12.6. The van der Waals surface area contributed by atoms with Gasteiger partial charge >= 0.3 is 0 Å². The fourth-order valence-corrected chi connectivity index (χ4v) is 23.6.